The molecule has 1 aliphatic carbocycles. The van der Waals surface area contributed by atoms with Gasteiger partial charge in [0, 0.05) is 32.4 Å². The fourth-order valence-electron chi connectivity index (χ4n) is 6.11. The van der Waals surface area contributed by atoms with Crippen LogP contribution in [0.1, 0.15) is 76.7 Å². The Kier molecular flexibility index (Phi) is 8.21. The second kappa shape index (κ2) is 11.0. The maximum absolute atomic E-state index is 13.7. The van der Waals surface area contributed by atoms with Crippen LogP contribution >= 0.6 is 0 Å². The van der Waals surface area contributed by atoms with Gasteiger partial charge in [0.1, 0.15) is 11.6 Å². The van der Waals surface area contributed by atoms with Crippen molar-refractivity contribution in [1.29, 1.82) is 0 Å². The number of unbranched alkanes of at least 4 members (excludes halogenated alkanes) is 1. The molecule has 1 N–H and O–H groups in total. The summed E-state index contributed by atoms with van der Waals surface area (Å²) in [5.41, 5.74) is 0.305. The topological polar surface area (TPSA) is 86.8 Å². The molecule has 1 unspecified atom stereocenters. The van der Waals surface area contributed by atoms with E-state index in [0.29, 0.717) is 36.7 Å². The molecule has 1 atom stereocenters. The van der Waals surface area contributed by atoms with E-state index < -0.39 is 15.4 Å². The Labute approximate surface area is 210 Å². The molecule has 3 fully saturated rings. The van der Waals surface area contributed by atoms with E-state index in [-0.39, 0.29) is 17.9 Å². The highest BCUT2D eigenvalue weighted by atomic mass is 32.2. The first-order chi connectivity index (χ1) is 16.7. The third-order valence-electron chi connectivity index (χ3n) is 8.28. The van der Waals surface area contributed by atoms with Gasteiger partial charge in [0.15, 0.2) is 9.84 Å². The van der Waals surface area contributed by atoms with E-state index in [2.05, 4.69) is 17.1 Å². The number of rotatable bonds is 8. The fraction of sp³-hybridized carbons (Fsp3) is 0.704. The number of piperidine rings is 1. The zero-order valence-corrected chi connectivity index (χ0v) is 22.1. The van der Waals surface area contributed by atoms with Crippen LogP contribution in [0.5, 0.6) is 0 Å². The van der Waals surface area contributed by atoms with Gasteiger partial charge in [-0.15, -0.1) is 0 Å². The van der Waals surface area contributed by atoms with Crippen molar-refractivity contribution in [3.05, 3.63) is 29.8 Å². The zero-order valence-electron chi connectivity index (χ0n) is 21.3. The van der Waals surface area contributed by atoms with E-state index in [1.54, 1.807) is 12.1 Å². The predicted octanol–water partition coefficient (Wildman–Crippen LogP) is 3.52. The van der Waals surface area contributed by atoms with E-state index in [9.17, 15) is 18.0 Å². The van der Waals surface area contributed by atoms with Crippen molar-refractivity contribution in [1.82, 2.24) is 15.1 Å². The van der Waals surface area contributed by atoms with Gasteiger partial charge in [0.25, 0.3) is 0 Å². The monoisotopic (exact) mass is 503 g/mol. The number of likely N-dealkylation sites (tertiary alicyclic amines) is 1. The molecule has 0 radical (unpaired) electrons. The van der Waals surface area contributed by atoms with Crippen LogP contribution in [-0.4, -0.2) is 67.5 Å². The Hall–Kier alpha value is -1.93. The summed E-state index contributed by atoms with van der Waals surface area (Å²) in [6, 6.07) is 6.66. The second-order valence-electron chi connectivity index (χ2n) is 10.8. The minimum Gasteiger partial charge on any atom is -0.342 e. The zero-order chi connectivity index (χ0) is 25.1. The number of piperazine rings is 1. The summed E-state index contributed by atoms with van der Waals surface area (Å²) >= 11 is 0. The third kappa shape index (κ3) is 5.91. The number of benzene rings is 1. The number of hydrogen-bond donors (Lipinski definition) is 1. The van der Waals surface area contributed by atoms with Crippen LogP contribution in [0.25, 0.3) is 0 Å². The SMILES string of the molecule is CCCCN1C(=O)C(CC2CCCCC2)NC(=O)C12CCN(Cc1ccc(S(C)(=O)=O)cc1)CC2. The quantitative estimate of drug-likeness (QED) is 0.587. The molecule has 8 heteroatoms. The number of nitrogens with one attached hydrogen (secondary N) is 1. The lowest BCUT2D eigenvalue weighted by atomic mass is 9.79. The molecule has 194 valence electrons. The molecule has 0 bridgehead atoms. The minimum absolute atomic E-state index is 0.0335. The summed E-state index contributed by atoms with van der Waals surface area (Å²) in [6.45, 7) is 4.93. The molecule has 1 aromatic rings. The van der Waals surface area contributed by atoms with Crippen molar-refractivity contribution < 1.29 is 18.0 Å². The molecule has 1 saturated carbocycles. The Morgan fingerprint density at radius 1 is 1.03 bits per heavy atom. The molecule has 3 aliphatic rings. The number of carbonyl (C=O) groups is 2. The maximum Gasteiger partial charge on any atom is 0.246 e. The number of sulfone groups is 1. The Bertz CT molecular complexity index is 994. The molecule has 4 rings (SSSR count). The lowest BCUT2D eigenvalue weighted by molar-refractivity contribution is -0.162. The molecule has 1 spiro atoms. The van der Waals surface area contributed by atoms with Gasteiger partial charge >= 0.3 is 0 Å². The predicted molar refractivity (Wildman–Crippen MR) is 137 cm³/mol. The van der Waals surface area contributed by atoms with Crippen LogP contribution in [0, 0.1) is 5.92 Å². The Balaban J connectivity index is 1.42. The summed E-state index contributed by atoms with van der Waals surface area (Å²) in [7, 11) is -3.21. The van der Waals surface area contributed by atoms with Crippen molar-refractivity contribution >= 4 is 21.7 Å². The van der Waals surface area contributed by atoms with E-state index in [0.717, 1.165) is 37.9 Å². The number of nitrogens with zero attached hydrogens (tertiary/aromatic N) is 2. The average molecular weight is 504 g/mol. The molecular weight excluding hydrogens is 462 g/mol. The van der Waals surface area contributed by atoms with E-state index in [4.69, 9.17) is 0 Å². The van der Waals surface area contributed by atoms with Gasteiger partial charge in [0.05, 0.1) is 4.90 Å². The Morgan fingerprint density at radius 2 is 1.69 bits per heavy atom. The fourth-order valence-corrected chi connectivity index (χ4v) is 6.74. The summed E-state index contributed by atoms with van der Waals surface area (Å²) in [4.78, 5) is 31.8. The largest absolute Gasteiger partial charge is 0.342 e. The first-order valence-electron chi connectivity index (χ1n) is 13.4. The molecule has 1 aromatic carbocycles. The smallest absolute Gasteiger partial charge is 0.246 e. The van der Waals surface area contributed by atoms with Crippen molar-refractivity contribution in [3.8, 4) is 0 Å². The molecular formula is C27H41N3O4S. The highest BCUT2D eigenvalue weighted by molar-refractivity contribution is 7.90. The first kappa shape index (κ1) is 26.1. The molecule has 35 heavy (non-hydrogen) atoms. The lowest BCUT2D eigenvalue weighted by Gasteiger charge is -2.52. The lowest BCUT2D eigenvalue weighted by Crippen LogP contribution is -2.73. The van der Waals surface area contributed by atoms with Crippen LogP contribution in [-0.2, 0) is 26.0 Å². The van der Waals surface area contributed by atoms with Crippen LogP contribution in [0.4, 0.5) is 0 Å². The molecule has 2 saturated heterocycles. The van der Waals surface area contributed by atoms with Gasteiger partial charge in [-0.25, -0.2) is 8.42 Å². The van der Waals surface area contributed by atoms with E-state index in [1.807, 2.05) is 17.0 Å². The van der Waals surface area contributed by atoms with Crippen molar-refractivity contribution in [2.75, 3.05) is 25.9 Å². The van der Waals surface area contributed by atoms with Crippen LogP contribution < -0.4 is 5.32 Å². The van der Waals surface area contributed by atoms with Gasteiger partial charge in [-0.1, -0.05) is 57.6 Å². The third-order valence-corrected chi connectivity index (χ3v) is 9.41. The molecule has 2 heterocycles. The van der Waals surface area contributed by atoms with E-state index in [1.165, 1.54) is 38.4 Å². The van der Waals surface area contributed by atoms with Gasteiger partial charge in [0.2, 0.25) is 11.8 Å². The summed E-state index contributed by atoms with van der Waals surface area (Å²) in [5, 5.41) is 3.16. The summed E-state index contributed by atoms with van der Waals surface area (Å²) in [6.07, 6.45) is 11.2. The summed E-state index contributed by atoms with van der Waals surface area (Å²) in [5.74, 6) is 0.690. The van der Waals surface area contributed by atoms with Crippen molar-refractivity contribution in [3.63, 3.8) is 0 Å². The van der Waals surface area contributed by atoms with Crippen LogP contribution in [0.15, 0.2) is 29.2 Å². The molecule has 2 aliphatic heterocycles. The van der Waals surface area contributed by atoms with Crippen molar-refractivity contribution in [2.45, 2.75) is 94.2 Å². The second-order valence-corrected chi connectivity index (χ2v) is 12.8. The maximum atomic E-state index is 13.7. The van der Waals surface area contributed by atoms with Crippen LogP contribution in [0.2, 0.25) is 0 Å². The number of carbonyl (C=O) groups excluding carboxylic acids is 2. The van der Waals surface area contributed by atoms with Gasteiger partial charge in [-0.05, 0) is 49.3 Å². The number of hydrogen-bond acceptors (Lipinski definition) is 5. The standard InChI is InChI=1S/C27H41N3O4S/c1-3-4-16-30-25(31)24(19-21-8-6-5-7-9-21)28-26(32)27(30)14-17-29(18-15-27)20-22-10-12-23(13-11-22)35(2,33)34/h10-13,21,24H,3-9,14-20H2,1-2H3,(H,28,32). The summed E-state index contributed by atoms with van der Waals surface area (Å²) < 4.78 is 23.4. The first-order valence-corrected chi connectivity index (χ1v) is 15.3. The molecule has 0 aromatic heterocycles. The highest BCUT2D eigenvalue weighted by Gasteiger charge is 2.53. The van der Waals surface area contributed by atoms with Crippen molar-refractivity contribution in [2.24, 2.45) is 5.92 Å². The van der Waals surface area contributed by atoms with Gasteiger partial charge < -0.3 is 10.2 Å². The van der Waals surface area contributed by atoms with E-state index >= 15 is 0 Å². The normalized spacial score (nSPS) is 24.1. The average Bonchev–Trinajstić information content (AvgIpc) is 2.84. The highest BCUT2D eigenvalue weighted by Crippen LogP contribution is 2.36. The minimum atomic E-state index is -3.21. The van der Waals surface area contributed by atoms with Gasteiger partial charge in [-0.2, -0.15) is 0 Å². The molecule has 7 nitrogen and oxygen atoms in total. The number of amides is 2. The van der Waals surface area contributed by atoms with Gasteiger partial charge in [-0.3, -0.25) is 14.5 Å². The van der Waals surface area contributed by atoms with Crippen LogP contribution in [0.3, 0.4) is 0 Å². The molecule has 2 amide bonds. The Morgan fingerprint density at radius 3 is 2.29 bits per heavy atom.